The van der Waals surface area contributed by atoms with Crippen LogP contribution in [0.3, 0.4) is 0 Å². The van der Waals surface area contributed by atoms with Gasteiger partial charge in [-0.3, -0.25) is 14.9 Å². The maximum atomic E-state index is 11.8. The second-order valence-corrected chi connectivity index (χ2v) is 7.09. The highest BCUT2D eigenvalue weighted by atomic mass is 16.6. The molecular formula is C21H25NO4. The summed E-state index contributed by atoms with van der Waals surface area (Å²) in [6, 6.07) is 16.6. The number of aliphatic carboxylic acids is 1. The van der Waals surface area contributed by atoms with Crippen LogP contribution in [0, 0.1) is 0 Å². The van der Waals surface area contributed by atoms with Crippen molar-refractivity contribution in [3.05, 3.63) is 60.2 Å². The van der Waals surface area contributed by atoms with E-state index in [9.17, 15) is 14.7 Å². The molecule has 0 saturated carbocycles. The monoisotopic (exact) mass is 355 g/mol. The lowest BCUT2D eigenvalue weighted by Crippen LogP contribution is -2.43. The van der Waals surface area contributed by atoms with Gasteiger partial charge in [0.1, 0.15) is 11.6 Å². The highest BCUT2D eigenvalue weighted by Crippen LogP contribution is 2.24. The summed E-state index contributed by atoms with van der Waals surface area (Å²) in [5.41, 5.74) is 2.32. The molecule has 0 saturated heterocycles. The number of hydrogen-bond donors (Lipinski definition) is 2. The number of carboxylic acid groups (broad SMARTS) is 1. The zero-order chi connectivity index (χ0) is 19.2. The Balaban J connectivity index is 2.11. The van der Waals surface area contributed by atoms with Crippen LogP contribution in [0.1, 0.15) is 26.3 Å². The summed E-state index contributed by atoms with van der Waals surface area (Å²) < 4.78 is 5.22. The number of esters is 1. The fourth-order valence-corrected chi connectivity index (χ4v) is 2.65. The summed E-state index contributed by atoms with van der Waals surface area (Å²) in [6.45, 7) is 5.17. The Morgan fingerprint density at radius 3 is 2.27 bits per heavy atom. The number of hydrogen-bond acceptors (Lipinski definition) is 4. The minimum absolute atomic E-state index is 0.151. The van der Waals surface area contributed by atoms with Gasteiger partial charge in [0.25, 0.3) is 0 Å². The Bertz CT molecular complexity index is 750. The van der Waals surface area contributed by atoms with Crippen LogP contribution in [0.25, 0.3) is 11.1 Å². The van der Waals surface area contributed by atoms with Crippen molar-refractivity contribution in [1.29, 1.82) is 0 Å². The maximum absolute atomic E-state index is 11.8. The highest BCUT2D eigenvalue weighted by molar-refractivity contribution is 5.77. The fraction of sp³-hybridized carbons (Fsp3) is 0.333. The molecule has 2 aromatic rings. The first-order chi connectivity index (χ1) is 12.3. The second kappa shape index (κ2) is 8.63. The number of rotatable bonds is 7. The molecule has 2 rings (SSSR count). The molecule has 1 atom stereocenters. The Morgan fingerprint density at radius 1 is 1.04 bits per heavy atom. The lowest BCUT2D eigenvalue weighted by molar-refractivity contribution is -0.154. The maximum Gasteiger partial charge on any atom is 0.321 e. The molecule has 0 aliphatic carbocycles. The largest absolute Gasteiger partial charge is 0.480 e. The molecule has 0 radical (unpaired) electrons. The molecule has 0 aliphatic rings. The molecule has 5 heteroatoms. The van der Waals surface area contributed by atoms with E-state index < -0.39 is 23.6 Å². The Kier molecular flexibility index (Phi) is 6.52. The zero-order valence-electron chi connectivity index (χ0n) is 15.4. The normalized spacial score (nSPS) is 12.4. The lowest BCUT2D eigenvalue weighted by atomic mass is 9.95. The van der Waals surface area contributed by atoms with Crippen molar-refractivity contribution in [3.63, 3.8) is 0 Å². The smallest absolute Gasteiger partial charge is 0.321 e. The molecule has 0 bridgehead atoms. The third-order valence-corrected chi connectivity index (χ3v) is 3.74. The summed E-state index contributed by atoms with van der Waals surface area (Å²) >= 11 is 0. The Labute approximate surface area is 154 Å². The van der Waals surface area contributed by atoms with Crippen molar-refractivity contribution < 1.29 is 19.4 Å². The summed E-state index contributed by atoms with van der Waals surface area (Å²) in [6.07, 6.45) is 0.267. The minimum Gasteiger partial charge on any atom is -0.480 e. The summed E-state index contributed by atoms with van der Waals surface area (Å²) in [7, 11) is 0. The summed E-state index contributed by atoms with van der Waals surface area (Å²) in [5.74, 6) is -1.48. The van der Waals surface area contributed by atoms with Crippen LogP contribution in [0.5, 0.6) is 0 Å². The van der Waals surface area contributed by atoms with Crippen LogP contribution in [-0.4, -0.2) is 35.2 Å². The Morgan fingerprint density at radius 2 is 1.65 bits per heavy atom. The van der Waals surface area contributed by atoms with Crippen molar-refractivity contribution >= 4 is 11.9 Å². The zero-order valence-corrected chi connectivity index (χ0v) is 15.4. The predicted octanol–water partition coefficient (Wildman–Crippen LogP) is 3.28. The van der Waals surface area contributed by atoms with Gasteiger partial charge in [-0.15, -0.1) is 0 Å². The molecule has 0 amide bonds. The second-order valence-electron chi connectivity index (χ2n) is 7.09. The molecule has 5 nitrogen and oxygen atoms in total. The van der Waals surface area contributed by atoms with Gasteiger partial charge in [-0.25, -0.2) is 0 Å². The van der Waals surface area contributed by atoms with Gasteiger partial charge in [0.15, 0.2) is 0 Å². The van der Waals surface area contributed by atoms with E-state index in [-0.39, 0.29) is 13.0 Å². The van der Waals surface area contributed by atoms with E-state index in [1.54, 1.807) is 20.8 Å². The summed E-state index contributed by atoms with van der Waals surface area (Å²) in [4.78, 5) is 23.5. The van der Waals surface area contributed by atoms with Crippen molar-refractivity contribution in [1.82, 2.24) is 5.32 Å². The molecular weight excluding hydrogens is 330 g/mol. The van der Waals surface area contributed by atoms with E-state index in [1.165, 1.54) is 0 Å². The van der Waals surface area contributed by atoms with E-state index in [0.717, 1.165) is 16.7 Å². The third-order valence-electron chi connectivity index (χ3n) is 3.74. The first-order valence-corrected chi connectivity index (χ1v) is 8.57. The van der Waals surface area contributed by atoms with Gasteiger partial charge in [-0.1, -0.05) is 54.6 Å². The van der Waals surface area contributed by atoms with E-state index in [0.29, 0.717) is 0 Å². The van der Waals surface area contributed by atoms with Crippen molar-refractivity contribution in [2.75, 3.05) is 6.54 Å². The van der Waals surface area contributed by atoms with Gasteiger partial charge in [-0.2, -0.15) is 0 Å². The molecule has 0 unspecified atom stereocenters. The number of carboxylic acids is 1. The van der Waals surface area contributed by atoms with Crippen LogP contribution in [0.4, 0.5) is 0 Å². The molecule has 0 heterocycles. The minimum atomic E-state index is -1.00. The van der Waals surface area contributed by atoms with Gasteiger partial charge in [-0.05, 0) is 43.9 Å². The fourth-order valence-electron chi connectivity index (χ4n) is 2.65. The van der Waals surface area contributed by atoms with Crippen LogP contribution in [0.2, 0.25) is 0 Å². The highest BCUT2D eigenvalue weighted by Gasteiger charge is 2.22. The molecule has 0 spiro atoms. The van der Waals surface area contributed by atoms with Gasteiger partial charge >= 0.3 is 11.9 Å². The lowest BCUT2D eigenvalue weighted by Gasteiger charge is -2.21. The molecule has 2 aromatic carbocycles. The van der Waals surface area contributed by atoms with E-state index in [2.05, 4.69) is 5.32 Å². The van der Waals surface area contributed by atoms with Crippen LogP contribution in [-0.2, 0) is 20.7 Å². The van der Waals surface area contributed by atoms with E-state index in [1.807, 2.05) is 54.6 Å². The first kappa shape index (κ1) is 19.7. The molecule has 0 aliphatic heterocycles. The standard InChI is InChI=1S/C21H25NO4/c1-21(2,3)26-19(23)14-22-18(20(24)25)13-16-11-7-8-12-17(16)15-9-5-4-6-10-15/h4-12,18,22H,13-14H2,1-3H3,(H,24,25)/t18-/m1/s1. The van der Waals surface area contributed by atoms with Gasteiger partial charge in [0.2, 0.25) is 0 Å². The number of carbonyl (C=O) groups excluding carboxylic acids is 1. The Hall–Kier alpha value is -2.66. The van der Waals surface area contributed by atoms with E-state index >= 15 is 0 Å². The summed E-state index contributed by atoms with van der Waals surface area (Å²) in [5, 5.41) is 12.3. The van der Waals surface area contributed by atoms with Gasteiger partial charge in [0.05, 0.1) is 6.54 Å². The SMILES string of the molecule is CC(C)(C)OC(=O)CN[C@H](Cc1ccccc1-c1ccccc1)C(=O)O. The van der Waals surface area contributed by atoms with Crippen molar-refractivity contribution in [3.8, 4) is 11.1 Å². The molecule has 0 fully saturated rings. The third kappa shape index (κ3) is 6.01. The number of ether oxygens (including phenoxy) is 1. The van der Waals surface area contributed by atoms with Gasteiger partial charge in [0, 0.05) is 0 Å². The molecule has 0 aromatic heterocycles. The molecule has 26 heavy (non-hydrogen) atoms. The number of carbonyl (C=O) groups is 2. The average Bonchev–Trinajstić information content (AvgIpc) is 2.58. The van der Waals surface area contributed by atoms with Crippen molar-refractivity contribution in [2.45, 2.75) is 38.8 Å². The first-order valence-electron chi connectivity index (χ1n) is 8.57. The van der Waals surface area contributed by atoms with Crippen LogP contribution in [0.15, 0.2) is 54.6 Å². The van der Waals surface area contributed by atoms with Gasteiger partial charge < -0.3 is 9.84 Å². The molecule has 2 N–H and O–H groups in total. The average molecular weight is 355 g/mol. The van der Waals surface area contributed by atoms with Crippen LogP contribution >= 0.6 is 0 Å². The number of benzene rings is 2. The quantitative estimate of drug-likeness (QED) is 0.746. The van der Waals surface area contributed by atoms with E-state index in [4.69, 9.17) is 4.74 Å². The number of nitrogens with one attached hydrogen (secondary N) is 1. The molecule has 138 valence electrons. The predicted molar refractivity (Wildman–Crippen MR) is 101 cm³/mol. The topological polar surface area (TPSA) is 75.6 Å². The van der Waals surface area contributed by atoms with Crippen LogP contribution < -0.4 is 5.32 Å². The van der Waals surface area contributed by atoms with Crippen molar-refractivity contribution in [2.24, 2.45) is 0 Å².